The summed E-state index contributed by atoms with van der Waals surface area (Å²) >= 11 is 0. The molecule has 5 aromatic carbocycles. The van der Waals surface area contributed by atoms with Gasteiger partial charge in [-0.15, -0.1) is 0 Å². The number of aryl methyl sites for hydroxylation is 1. The first kappa shape index (κ1) is 26.0. The van der Waals surface area contributed by atoms with E-state index in [-0.39, 0.29) is 0 Å². The van der Waals surface area contributed by atoms with Crippen LogP contribution in [0, 0.1) is 6.92 Å². The van der Waals surface area contributed by atoms with Crippen LogP contribution in [0.3, 0.4) is 0 Å². The maximum atomic E-state index is 2.42. The average Bonchev–Trinajstić information content (AvgIpc) is 3.06. The smallest absolute Gasteiger partial charge is 0.0462 e. The molecule has 0 amide bonds. The minimum absolute atomic E-state index is 1.14. The summed E-state index contributed by atoms with van der Waals surface area (Å²) in [5.41, 5.74) is 15.4. The number of hydrogen-bond acceptors (Lipinski definition) is 1. The van der Waals surface area contributed by atoms with Crippen molar-refractivity contribution in [3.05, 3.63) is 168 Å². The normalized spacial score (nSPS) is 14.4. The van der Waals surface area contributed by atoms with Crippen molar-refractivity contribution in [1.29, 1.82) is 0 Å². The van der Waals surface area contributed by atoms with E-state index in [1.165, 1.54) is 63.8 Å². The van der Waals surface area contributed by atoms with E-state index < -0.39 is 0 Å². The largest absolute Gasteiger partial charge is 0.311 e. The lowest BCUT2D eigenvalue weighted by Gasteiger charge is -2.27. The molecule has 0 saturated heterocycles. The van der Waals surface area contributed by atoms with E-state index in [1.54, 1.807) is 5.57 Å². The van der Waals surface area contributed by atoms with Crippen LogP contribution in [0.4, 0.5) is 17.1 Å². The summed E-state index contributed by atoms with van der Waals surface area (Å²) in [6, 6.07) is 46.3. The van der Waals surface area contributed by atoms with Crippen molar-refractivity contribution in [2.45, 2.75) is 32.6 Å². The topological polar surface area (TPSA) is 3.24 Å². The molecule has 0 radical (unpaired) electrons. The monoisotopic (exact) mass is 541 g/mol. The number of anilines is 3. The van der Waals surface area contributed by atoms with Crippen molar-refractivity contribution < 1.29 is 0 Å². The van der Waals surface area contributed by atoms with Gasteiger partial charge in [0.25, 0.3) is 0 Å². The zero-order chi connectivity index (χ0) is 28.3. The summed E-state index contributed by atoms with van der Waals surface area (Å²) in [4.78, 5) is 2.35. The highest BCUT2D eigenvalue weighted by molar-refractivity contribution is 5.87. The van der Waals surface area contributed by atoms with E-state index in [0.717, 1.165) is 23.5 Å². The van der Waals surface area contributed by atoms with Crippen LogP contribution in [0.15, 0.2) is 157 Å². The van der Waals surface area contributed by atoms with Gasteiger partial charge in [0, 0.05) is 17.1 Å². The first-order valence-corrected chi connectivity index (χ1v) is 15.1. The number of benzene rings is 5. The molecule has 0 bridgehead atoms. The van der Waals surface area contributed by atoms with Gasteiger partial charge < -0.3 is 4.90 Å². The number of rotatable bonds is 6. The molecule has 5 aromatic rings. The van der Waals surface area contributed by atoms with Gasteiger partial charge in [-0.05, 0) is 108 Å². The Morgan fingerprint density at radius 3 is 1.67 bits per heavy atom. The molecule has 0 unspecified atom stereocenters. The molecule has 1 heteroatoms. The standard InChI is InChI=1S/C41H35N/c1-30-18-20-32(21-19-30)39-15-7-8-16-40(39)33-22-26-36(27-23-33)42(35-12-3-2-4-13-35)37-28-24-34(25-29-37)41-17-9-11-31-10-5-6-14-38(31)41/h2-4,6-8,12-29H,5,9-11H2,1H3. The lowest BCUT2D eigenvalue weighted by molar-refractivity contribution is 0.834. The van der Waals surface area contributed by atoms with Crippen LogP contribution < -0.4 is 4.90 Å². The van der Waals surface area contributed by atoms with E-state index >= 15 is 0 Å². The van der Waals surface area contributed by atoms with Crippen molar-refractivity contribution in [3.8, 4) is 22.3 Å². The molecular formula is C41H35N. The fourth-order valence-electron chi connectivity index (χ4n) is 6.35. The molecule has 0 atom stereocenters. The maximum Gasteiger partial charge on any atom is 0.0462 e. The predicted octanol–water partition coefficient (Wildman–Crippen LogP) is 11.6. The highest BCUT2D eigenvalue weighted by atomic mass is 15.1. The lowest BCUT2D eigenvalue weighted by atomic mass is 9.82. The van der Waals surface area contributed by atoms with E-state index in [1.807, 2.05) is 0 Å². The molecule has 0 spiro atoms. The SMILES string of the molecule is Cc1ccc(-c2ccccc2-c2ccc(N(c3ccccc3)c3ccc(C4=CCCC5=C4C=CCC5)cc3)cc2)cc1. The Morgan fingerprint density at radius 1 is 0.500 bits per heavy atom. The van der Waals surface area contributed by atoms with E-state index in [9.17, 15) is 0 Å². The first-order valence-electron chi connectivity index (χ1n) is 15.1. The van der Waals surface area contributed by atoms with Gasteiger partial charge in [-0.2, -0.15) is 0 Å². The summed E-state index contributed by atoms with van der Waals surface area (Å²) in [6.45, 7) is 2.13. The van der Waals surface area contributed by atoms with Gasteiger partial charge in [-0.3, -0.25) is 0 Å². The molecule has 7 rings (SSSR count). The Bertz CT molecular complexity index is 1780. The van der Waals surface area contributed by atoms with Crippen LogP contribution in [0.2, 0.25) is 0 Å². The molecule has 204 valence electrons. The van der Waals surface area contributed by atoms with Crippen LogP contribution in [0.5, 0.6) is 0 Å². The fraction of sp³-hybridized carbons (Fsp3) is 0.122. The average molecular weight is 542 g/mol. The molecule has 0 fully saturated rings. The van der Waals surface area contributed by atoms with Crippen LogP contribution >= 0.6 is 0 Å². The first-order chi connectivity index (χ1) is 20.7. The zero-order valence-corrected chi connectivity index (χ0v) is 24.1. The molecule has 2 aliphatic carbocycles. The molecule has 0 heterocycles. The molecule has 1 nitrogen and oxygen atoms in total. The van der Waals surface area contributed by atoms with Gasteiger partial charge in [-0.25, -0.2) is 0 Å². The fourth-order valence-corrected chi connectivity index (χ4v) is 6.35. The lowest BCUT2D eigenvalue weighted by Crippen LogP contribution is -2.10. The minimum Gasteiger partial charge on any atom is -0.311 e. The highest BCUT2D eigenvalue weighted by Crippen LogP contribution is 2.40. The summed E-state index contributed by atoms with van der Waals surface area (Å²) in [5, 5.41) is 0. The second-order valence-electron chi connectivity index (χ2n) is 11.3. The second kappa shape index (κ2) is 11.5. The van der Waals surface area contributed by atoms with Crippen molar-refractivity contribution in [2.75, 3.05) is 4.90 Å². The third kappa shape index (κ3) is 5.15. The van der Waals surface area contributed by atoms with Crippen molar-refractivity contribution in [3.63, 3.8) is 0 Å². The Balaban J connectivity index is 1.23. The summed E-state index contributed by atoms with van der Waals surface area (Å²) in [5.74, 6) is 0. The van der Waals surface area contributed by atoms with Crippen molar-refractivity contribution >= 4 is 22.6 Å². The molecule has 0 aromatic heterocycles. The summed E-state index contributed by atoms with van der Waals surface area (Å²) in [6.07, 6.45) is 11.8. The molecule has 42 heavy (non-hydrogen) atoms. The van der Waals surface area contributed by atoms with Gasteiger partial charge in [0.15, 0.2) is 0 Å². The van der Waals surface area contributed by atoms with Crippen LogP contribution in [-0.2, 0) is 0 Å². The molecule has 0 N–H and O–H groups in total. The minimum atomic E-state index is 1.14. The van der Waals surface area contributed by atoms with E-state index in [0.29, 0.717) is 0 Å². The summed E-state index contributed by atoms with van der Waals surface area (Å²) < 4.78 is 0. The quantitative estimate of drug-likeness (QED) is 0.207. The Morgan fingerprint density at radius 2 is 1.02 bits per heavy atom. The zero-order valence-electron chi connectivity index (χ0n) is 24.1. The van der Waals surface area contributed by atoms with Crippen LogP contribution in [0.1, 0.15) is 36.8 Å². The van der Waals surface area contributed by atoms with Gasteiger partial charge >= 0.3 is 0 Å². The Hall–Kier alpha value is -4.88. The van der Waals surface area contributed by atoms with Crippen molar-refractivity contribution in [1.82, 2.24) is 0 Å². The van der Waals surface area contributed by atoms with Gasteiger partial charge in [0.2, 0.25) is 0 Å². The van der Waals surface area contributed by atoms with E-state index in [4.69, 9.17) is 0 Å². The number of nitrogens with zero attached hydrogens (tertiary/aromatic N) is 1. The predicted molar refractivity (Wildman–Crippen MR) is 179 cm³/mol. The van der Waals surface area contributed by atoms with Gasteiger partial charge in [0.1, 0.15) is 0 Å². The summed E-state index contributed by atoms with van der Waals surface area (Å²) in [7, 11) is 0. The Labute approximate surface area is 249 Å². The Kier molecular flexibility index (Phi) is 7.16. The molecule has 2 aliphatic rings. The molecule has 0 saturated carbocycles. The molecule has 0 aliphatic heterocycles. The van der Waals surface area contributed by atoms with Crippen LogP contribution in [0.25, 0.3) is 27.8 Å². The number of hydrogen-bond donors (Lipinski definition) is 0. The van der Waals surface area contributed by atoms with E-state index in [2.05, 4.69) is 157 Å². The second-order valence-corrected chi connectivity index (χ2v) is 11.3. The third-order valence-corrected chi connectivity index (χ3v) is 8.54. The van der Waals surface area contributed by atoms with Gasteiger partial charge in [-0.1, -0.05) is 120 Å². The highest BCUT2D eigenvalue weighted by Gasteiger charge is 2.19. The number of allylic oxidation sites excluding steroid dienone is 6. The van der Waals surface area contributed by atoms with Gasteiger partial charge in [0.05, 0.1) is 0 Å². The maximum absolute atomic E-state index is 2.42. The molecular weight excluding hydrogens is 506 g/mol. The van der Waals surface area contributed by atoms with Crippen LogP contribution in [-0.4, -0.2) is 0 Å². The third-order valence-electron chi connectivity index (χ3n) is 8.54. The number of para-hydroxylation sites is 1. The van der Waals surface area contributed by atoms with Crippen molar-refractivity contribution in [2.24, 2.45) is 0 Å².